The summed E-state index contributed by atoms with van der Waals surface area (Å²) < 4.78 is 11.4. The Kier molecular flexibility index (Phi) is 10.9. The highest BCUT2D eigenvalue weighted by Gasteiger charge is 2.40. The topological polar surface area (TPSA) is 187 Å². The van der Waals surface area contributed by atoms with Gasteiger partial charge >= 0.3 is 7.12 Å². The monoisotopic (exact) mass is 510 g/mol. The summed E-state index contributed by atoms with van der Waals surface area (Å²) in [5, 5.41) is 15.3. The second-order valence-corrected chi connectivity index (χ2v) is 8.82. The van der Waals surface area contributed by atoms with E-state index in [1.54, 1.807) is 24.3 Å². The number of hydrogen-bond acceptors (Lipinski definition) is 7. The molecule has 0 aromatic heterocycles. The maximum absolute atomic E-state index is 13.5. The average Bonchev–Trinajstić information content (AvgIpc) is 3.40. The Morgan fingerprint density at radius 3 is 2.41 bits per heavy atom. The van der Waals surface area contributed by atoms with Crippen LogP contribution in [0, 0.1) is 0 Å². The molecule has 0 saturated carbocycles. The molecule has 1 fully saturated rings. The van der Waals surface area contributed by atoms with Gasteiger partial charge in [-0.2, -0.15) is 0 Å². The van der Waals surface area contributed by atoms with Crippen LogP contribution >= 0.6 is 0 Å². The standard InChI is InChI=1S/C25H35BN6O5/c27-14-18-10-8-17(9-11-18)13-21(31-23(34)19-5-2-1-3-6-19)24(35)32-22(7-4-12-30-25(28)29)26-36-16-20(15-33)37-26/h1-3,5-6,8-11,20-22,33H,4,7,12-16,27H2,(H,31,34)(H,32,35)(H4,28,29,30)/t20-,21-,22-/m0/s1. The molecule has 37 heavy (non-hydrogen) atoms. The van der Waals surface area contributed by atoms with Gasteiger partial charge in [-0.15, -0.1) is 0 Å². The molecule has 2 aromatic rings. The fraction of sp³-hybridized carbons (Fsp3) is 0.400. The van der Waals surface area contributed by atoms with E-state index in [1.165, 1.54) is 0 Å². The van der Waals surface area contributed by atoms with Gasteiger partial charge in [0, 0.05) is 25.1 Å². The quantitative estimate of drug-likeness (QED) is 0.0897. The van der Waals surface area contributed by atoms with Crippen LogP contribution in [0.3, 0.4) is 0 Å². The van der Waals surface area contributed by atoms with E-state index in [1.807, 2.05) is 30.3 Å². The number of nitrogens with two attached hydrogens (primary N) is 3. The molecule has 1 aliphatic rings. The van der Waals surface area contributed by atoms with Gasteiger partial charge in [0.25, 0.3) is 5.91 Å². The largest absolute Gasteiger partial charge is 0.481 e. The lowest BCUT2D eigenvalue weighted by atomic mass is 9.75. The van der Waals surface area contributed by atoms with Gasteiger partial charge in [-0.1, -0.05) is 42.5 Å². The highest BCUT2D eigenvalue weighted by molar-refractivity contribution is 6.47. The van der Waals surface area contributed by atoms with Crippen molar-refractivity contribution >= 4 is 24.9 Å². The number of hydrogen-bond donors (Lipinski definition) is 6. The van der Waals surface area contributed by atoms with Crippen molar-refractivity contribution in [3.05, 3.63) is 71.3 Å². The first kappa shape index (κ1) is 28.1. The Balaban J connectivity index is 1.76. The van der Waals surface area contributed by atoms with Crippen molar-refractivity contribution in [3.8, 4) is 0 Å². The molecule has 1 saturated heterocycles. The lowest BCUT2D eigenvalue weighted by molar-refractivity contribution is -0.123. The predicted octanol–water partition coefficient (Wildman–Crippen LogP) is -0.540. The summed E-state index contributed by atoms with van der Waals surface area (Å²) in [7, 11) is -0.755. The Hall–Kier alpha value is -3.45. The van der Waals surface area contributed by atoms with Crippen LogP contribution in [0.25, 0.3) is 0 Å². The van der Waals surface area contributed by atoms with Crippen LogP contribution in [0.2, 0.25) is 0 Å². The van der Waals surface area contributed by atoms with E-state index in [9.17, 15) is 14.7 Å². The minimum atomic E-state index is -0.869. The number of aliphatic hydroxyl groups is 1. The van der Waals surface area contributed by atoms with Crippen molar-refractivity contribution < 1.29 is 24.0 Å². The molecule has 3 atom stereocenters. The van der Waals surface area contributed by atoms with Crippen molar-refractivity contribution in [3.63, 3.8) is 0 Å². The summed E-state index contributed by atoms with van der Waals surface area (Å²) in [4.78, 5) is 30.4. The molecular formula is C25H35BN6O5. The van der Waals surface area contributed by atoms with Gasteiger partial charge in [-0.25, -0.2) is 0 Å². The first-order valence-electron chi connectivity index (χ1n) is 12.3. The molecule has 2 aromatic carbocycles. The molecule has 12 heteroatoms. The second kappa shape index (κ2) is 14.3. The Bertz CT molecular complexity index is 1040. The minimum absolute atomic E-state index is 0.0151. The number of guanidine groups is 1. The number of rotatable bonds is 13. The van der Waals surface area contributed by atoms with Crippen molar-refractivity contribution in [2.24, 2.45) is 22.2 Å². The van der Waals surface area contributed by atoms with Gasteiger partial charge in [-0.05, 0) is 36.1 Å². The number of carbonyl (C=O) groups is 2. The number of carbonyl (C=O) groups excluding carboxylic acids is 2. The van der Waals surface area contributed by atoms with Crippen molar-refractivity contribution in [1.82, 2.24) is 10.6 Å². The van der Waals surface area contributed by atoms with Crippen molar-refractivity contribution in [2.45, 2.75) is 43.9 Å². The Labute approximate surface area is 216 Å². The molecule has 0 spiro atoms. The van der Waals surface area contributed by atoms with Crippen LogP contribution in [-0.4, -0.2) is 67.8 Å². The molecule has 11 nitrogen and oxygen atoms in total. The summed E-state index contributed by atoms with van der Waals surface area (Å²) in [6.07, 6.45) is 0.798. The second-order valence-electron chi connectivity index (χ2n) is 8.82. The lowest BCUT2D eigenvalue weighted by Crippen LogP contribution is -2.55. The summed E-state index contributed by atoms with van der Waals surface area (Å²) in [5.41, 5.74) is 18.8. The van der Waals surface area contributed by atoms with E-state index < -0.39 is 31.1 Å². The molecule has 9 N–H and O–H groups in total. The zero-order valence-corrected chi connectivity index (χ0v) is 20.7. The van der Waals surface area contributed by atoms with Crippen molar-refractivity contribution in [2.75, 3.05) is 19.8 Å². The van der Waals surface area contributed by atoms with Gasteiger partial charge in [-0.3, -0.25) is 14.6 Å². The fourth-order valence-electron chi connectivity index (χ4n) is 3.94. The highest BCUT2D eigenvalue weighted by atomic mass is 16.6. The van der Waals surface area contributed by atoms with Gasteiger partial charge in [0.2, 0.25) is 5.91 Å². The normalized spacial score (nSPS) is 16.6. The molecule has 1 heterocycles. The first-order valence-corrected chi connectivity index (χ1v) is 12.3. The SMILES string of the molecule is NCc1ccc(C[C@H](NC(=O)c2ccccc2)C(=O)N[C@@H](CCCN=C(N)N)B2OC[C@H](CO)O2)cc1. The average molecular weight is 510 g/mol. The molecule has 0 bridgehead atoms. The van der Waals surface area contributed by atoms with Crippen molar-refractivity contribution in [1.29, 1.82) is 0 Å². The number of aliphatic hydroxyl groups excluding tert-OH is 1. The number of nitrogens with zero attached hydrogens (tertiary/aromatic N) is 1. The lowest BCUT2D eigenvalue weighted by Gasteiger charge is -2.25. The summed E-state index contributed by atoms with van der Waals surface area (Å²) in [5.74, 6) is -1.32. The third-order valence-corrected chi connectivity index (χ3v) is 5.96. The van der Waals surface area contributed by atoms with Crippen LogP contribution in [0.15, 0.2) is 59.6 Å². The van der Waals surface area contributed by atoms with Crippen LogP contribution in [0.4, 0.5) is 0 Å². The van der Waals surface area contributed by atoms with Gasteiger partial charge in [0.15, 0.2) is 5.96 Å². The third-order valence-electron chi connectivity index (χ3n) is 5.96. The molecule has 0 unspecified atom stereocenters. The maximum atomic E-state index is 13.5. The van der Waals surface area contributed by atoms with E-state index in [0.717, 1.165) is 11.1 Å². The van der Waals surface area contributed by atoms with E-state index in [4.69, 9.17) is 26.5 Å². The van der Waals surface area contributed by atoms with E-state index in [2.05, 4.69) is 15.6 Å². The molecular weight excluding hydrogens is 475 g/mol. The van der Waals surface area contributed by atoms with E-state index >= 15 is 0 Å². The smallest absolute Gasteiger partial charge is 0.407 e. The summed E-state index contributed by atoms with van der Waals surface area (Å²) in [6.45, 7) is 0.794. The minimum Gasteiger partial charge on any atom is -0.407 e. The predicted molar refractivity (Wildman–Crippen MR) is 141 cm³/mol. The Morgan fingerprint density at radius 2 is 1.78 bits per heavy atom. The Morgan fingerprint density at radius 1 is 1.08 bits per heavy atom. The zero-order valence-electron chi connectivity index (χ0n) is 20.7. The highest BCUT2D eigenvalue weighted by Crippen LogP contribution is 2.16. The van der Waals surface area contributed by atoms with Crippen LogP contribution in [0.5, 0.6) is 0 Å². The molecule has 2 amide bonds. The van der Waals surface area contributed by atoms with E-state index in [0.29, 0.717) is 31.5 Å². The van der Waals surface area contributed by atoms with Crippen LogP contribution < -0.4 is 27.8 Å². The summed E-state index contributed by atoms with van der Waals surface area (Å²) >= 11 is 0. The maximum Gasteiger partial charge on any atom is 0.481 e. The molecule has 0 radical (unpaired) electrons. The van der Waals surface area contributed by atoms with Crippen LogP contribution in [0.1, 0.15) is 34.3 Å². The molecule has 198 valence electrons. The number of aliphatic imine (C=N–C) groups is 1. The number of benzene rings is 2. The van der Waals surface area contributed by atoms with E-state index in [-0.39, 0.29) is 31.5 Å². The zero-order chi connectivity index (χ0) is 26.6. The molecule has 3 rings (SSSR count). The van der Waals surface area contributed by atoms with Gasteiger partial charge in [0.05, 0.1) is 25.3 Å². The number of nitrogens with one attached hydrogen (secondary N) is 2. The van der Waals surface area contributed by atoms with Crippen LogP contribution in [-0.2, 0) is 27.1 Å². The summed E-state index contributed by atoms with van der Waals surface area (Å²) in [6, 6.07) is 15.4. The third kappa shape index (κ3) is 8.86. The van der Waals surface area contributed by atoms with Gasteiger partial charge in [0.1, 0.15) is 6.04 Å². The van der Waals surface area contributed by atoms with Gasteiger partial charge < -0.3 is 42.2 Å². The molecule has 1 aliphatic heterocycles. The number of amides is 2. The molecule has 0 aliphatic carbocycles. The fourth-order valence-corrected chi connectivity index (χ4v) is 3.94. The first-order chi connectivity index (χ1) is 17.9.